The molecule has 1 aromatic heterocycles. The van der Waals surface area contributed by atoms with Crippen molar-refractivity contribution < 1.29 is 9.47 Å². The summed E-state index contributed by atoms with van der Waals surface area (Å²) in [6.45, 7) is 2.72. The molecule has 6 nitrogen and oxygen atoms in total. The third-order valence-corrected chi connectivity index (χ3v) is 4.53. The van der Waals surface area contributed by atoms with Gasteiger partial charge in [-0.2, -0.15) is 4.68 Å². The second-order valence-electron chi connectivity index (χ2n) is 5.27. The lowest BCUT2D eigenvalue weighted by Crippen LogP contribution is -2.03. The molecule has 130 valence electrons. The molecule has 0 saturated heterocycles. The number of benzene rings is 2. The zero-order valence-electron chi connectivity index (χ0n) is 14.3. The van der Waals surface area contributed by atoms with Gasteiger partial charge in [-0.1, -0.05) is 30.8 Å². The molecule has 7 heteroatoms. The molecule has 1 heterocycles. The minimum Gasteiger partial charge on any atom is -0.497 e. The van der Waals surface area contributed by atoms with Crippen LogP contribution in [-0.4, -0.2) is 39.7 Å². The third kappa shape index (κ3) is 4.51. The van der Waals surface area contributed by atoms with Crippen LogP contribution in [0.5, 0.6) is 11.5 Å². The van der Waals surface area contributed by atoms with Crippen LogP contribution < -0.4 is 9.47 Å². The standard InChI is InChI=1S/C18H20N4O2S/c1-3-14-5-4-6-17(13-14)24-11-12-25-18-19-20-21-22(18)15-7-9-16(23-2)10-8-15/h4-10,13H,3,11-12H2,1-2H3. The van der Waals surface area contributed by atoms with E-state index in [1.165, 1.54) is 5.56 Å². The summed E-state index contributed by atoms with van der Waals surface area (Å²) in [4.78, 5) is 0. The second-order valence-corrected chi connectivity index (χ2v) is 6.33. The van der Waals surface area contributed by atoms with E-state index >= 15 is 0 Å². The largest absolute Gasteiger partial charge is 0.497 e. The topological polar surface area (TPSA) is 62.1 Å². The zero-order chi connectivity index (χ0) is 17.5. The molecular weight excluding hydrogens is 336 g/mol. The zero-order valence-corrected chi connectivity index (χ0v) is 15.1. The van der Waals surface area contributed by atoms with E-state index in [2.05, 4.69) is 34.6 Å². The third-order valence-electron chi connectivity index (χ3n) is 3.65. The highest BCUT2D eigenvalue weighted by Gasteiger charge is 2.09. The molecule has 3 aromatic rings. The number of ether oxygens (including phenoxy) is 2. The quantitative estimate of drug-likeness (QED) is 0.455. The predicted octanol–water partition coefficient (Wildman–Crippen LogP) is 3.40. The van der Waals surface area contributed by atoms with Gasteiger partial charge < -0.3 is 9.47 Å². The Kier molecular flexibility index (Phi) is 5.90. The van der Waals surface area contributed by atoms with Gasteiger partial charge in [0.15, 0.2) is 0 Å². The number of methoxy groups -OCH3 is 1. The second kappa shape index (κ2) is 8.53. The molecule has 0 fully saturated rings. The number of nitrogens with zero attached hydrogens (tertiary/aromatic N) is 4. The van der Waals surface area contributed by atoms with Crippen molar-refractivity contribution in [1.29, 1.82) is 0 Å². The summed E-state index contributed by atoms with van der Waals surface area (Å²) < 4.78 is 12.7. The Bertz CT molecular complexity index is 805. The van der Waals surface area contributed by atoms with Gasteiger partial charge in [-0.3, -0.25) is 0 Å². The summed E-state index contributed by atoms with van der Waals surface area (Å²) >= 11 is 1.56. The molecule has 0 amide bonds. The molecule has 0 aliphatic carbocycles. The molecule has 0 atom stereocenters. The van der Waals surface area contributed by atoms with Crippen molar-refractivity contribution in [2.45, 2.75) is 18.5 Å². The van der Waals surface area contributed by atoms with Crippen LogP contribution in [0.2, 0.25) is 0 Å². The number of aromatic nitrogens is 4. The average molecular weight is 356 g/mol. The van der Waals surface area contributed by atoms with Crippen LogP contribution in [0.15, 0.2) is 53.7 Å². The van der Waals surface area contributed by atoms with Gasteiger partial charge in [0, 0.05) is 5.75 Å². The average Bonchev–Trinajstić information content (AvgIpc) is 3.14. The molecule has 0 radical (unpaired) electrons. The molecule has 0 aliphatic rings. The van der Waals surface area contributed by atoms with Crippen LogP contribution in [0, 0.1) is 0 Å². The number of rotatable bonds is 8. The Hall–Kier alpha value is -2.54. The predicted molar refractivity (Wildman–Crippen MR) is 97.7 cm³/mol. The van der Waals surface area contributed by atoms with Gasteiger partial charge in [0.25, 0.3) is 0 Å². The summed E-state index contributed by atoms with van der Waals surface area (Å²) in [5, 5.41) is 12.6. The fourth-order valence-electron chi connectivity index (χ4n) is 2.30. The smallest absolute Gasteiger partial charge is 0.214 e. The molecule has 0 aliphatic heterocycles. The normalized spacial score (nSPS) is 10.6. The van der Waals surface area contributed by atoms with Crippen molar-refractivity contribution in [3.63, 3.8) is 0 Å². The van der Waals surface area contributed by atoms with Crippen molar-refractivity contribution in [3.8, 4) is 17.2 Å². The van der Waals surface area contributed by atoms with E-state index in [0.29, 0.717) is 6.61 Å². The fourth-order valence-corrected chi connectivity index (χ4v) is 3.01. The Morgan fingerprint density at radius 3 is 2.68 bits per heavy atom. The first-order valence-electron chi connectivity index (χ1n) is 8.07. The fraction of sp³-hybridized carbons (Fsp3) is 0.278. The van der Waals surface area contributed by atoms with E-state index in [9.17, 15) is 0 Å². The summed E-state index contributed by atoms with van der Waals surface area (Å²) in [5.74, 6) is 2.45. The lowest BCUT2D eigenvalue weighted by molar-refractivity contribution is 0.343. The molecule has 2 aromatic carbocycles. The molecular formula is C18H20N4O2S. The minimum absolute atomic E-state index is 0.591. The van der Waals surface area contributed by atoms with Crippen LogP contribution in [0.4, 0.5) is 0 Å². The first-order valence-corrected chi connectivity index (χ1v) is 9.06. The van der Waals surface area contributed by atoms with Gasteiger partial charge in [-0.25, -0.2) is 0 Å². The number of tetrazole rings is 1. The van der Waals surface area contributed by atoms with E-state index in [1.54, 1.807) is 23.6 Å². The maximum absolute atomic E-state index is 5.81. The highest BCUT2D eigenvalue weighted by Crippen LogP contribution is 2.21. The molecule has 0 saturated carbocycles. The Morgan fingerprint density at radius 1 is 1.08 bits per heavy atom. The number of aryl methyl sites for hydroxylation is 1. The summed E-state index contributed by atoms with van der Waals surface area (Å²) in [5.41, 5.74) is 2.17. The number of thioether (sulfide) groups is 1. The van der Waals surface area contributed by atoms with Crippen molar-refractivity contribution in [2.24, 2.45) is 0 Å². The molecule has 25 heavy (non-hydrogen) atoms. The monoisotopic (exact) mass is 356 g/mol. The van der Waals surface area contributed by atoms with E-state index in [0.717, 1.165) is 34.5 Å². The molecule has 3 rings (SSSR count). The van der Waals surface area contributed by atoms with E-state index in [1.807, 2.05) is 36.4 Å². The lowest BCUT2D eigenvalue weighted by Gasteiger charge is -2.08. The van der Waals surface area contributed by atoms with Crippen LogP contribution in [-0.2, 0) is 6.42 Å². The Balaban J connectivity index is 1.56. The van der Waals surface area contributed by atoms with Gasteiger partial charge in [-0.05, 0) is 58.8 Å². The Morgan fingerprint density at radius 2 is 1.92 bits per heavy atom. The first-order chi connectivity index (χ1) is 12.3. The van der Waals surface area contributed by atoms with Gasteiger partial charge in [-0.15, -0.1) is 5.10 Å². The number of hydrogen-bond donors (Lipinski definition) is 0. The molecule has 0 unspecified atom stereocenters. The summed E-state index contributed by atoms with van der Waals surface area (Å²) in [7, 11) is 1.64. The van der Waals surface area contributed by atoms with Gasteiger partial charge in [0.1, 0.15) is 11.5 Å². The van der Waals surface area contributed by atoms with Gasteiger partial charge in [0.2, 0.25) is 5.16 Å². The number of hydrogen-bond acceptors (Lipinski definition) is 6. The van der Waals surface area contributed by atoms with Gasteiger partial charge >= 0.3 is 0 Å². The van der Waals surface area contributed by atoms with Crippen molar-refractivity contribution >= 4 is 11.8 Å². The maximum atomic E-state index is 5.81. The first kappa shape index (κ1) is 17.3. The van der Waals surface area contributed by atoms with E-state index in [4.69, 9.17) is 9.47 Å². The van der Waals surface area contributed by atoms with Crippen LogP contribution >= 0.6 is 11.8 Å². The van der Waals surface area contributed by atoms with Crippen molar-refractivity contribution in [2.75, 3.05) is 19.5 Å². The SMILES string of the molecule is CCc1cccc(OCCSc2nnnn2-c2ccc(OC)cc2)c1. The van der Waals surface area contributed by atoms with E-state index in [-0.39, 0.29) is 0 Å². The van der Waals surface area contributed by atoms with Crippen LogP contribution in [0.3, 0.4) is 0 Å². The molecule has 0 spiro atoms. The molecule has 0 bridgehead atoms. The van der Waals surface area contributed by atoms with Gasteiger partial charge in [0.05, 0.1) is 19.4 Å². The van der Waals surface area contributed by atoms with Crippen molar-refractivity contribution in [3.05, 3.63) is 54.1 Å². The minimum atomic E-state index is 0.591. The summed E-state index contributed by atoms with van der Waals surface area (Å²) in [6, 6.07) is 15.8. The van der Waals surface area contributed by atoms with E-state index < -0.39 is 0 Å². The lowest BCUT2D eigenvalue weighted by atomic mass is 10.2. The highest BCUT2D eigenvalue weighted by molar-refractivity contribution is 7.99. The van der Waals surface area contributed by atoms with Crippen molar-refractivity contribution in [1.82, 2.24) is 20.2 Å². The Labute approximate surface area is 151 Å². The summed E-state index contributed by atoms with van der Waals surface area (Å²) in [6.07, 6.45) is 1.00. The van der Waals surface area contributed by atoms with Crippen LogP contribution in [0.1, 0.15) is 12.5 Å². The maximum Gasteiger partial charge on any atom is 0.214 e. The highest BCUT2D eigenvalue weighted by atomic mass is 32.2. The molecule has 0 N–H and O–H groups in total. The van der Waals surface area contributed by atoms with Crippen LogP contribution in [0.25, 0.3) is 5.69 Å².